The van der Waals surface area contributed by atoms with Crippen LogP contribution in [0.5, 0.6) is 0 Å². The van der Waals surface area contributed by atoms with Crippen molar-refractivity contribution >= 4 is 22.5 Å². The number of ketones is 1. The Kier molecular flexibility index (Phi) is 6.70. The number of Topliss-reactive ketones (excluding diaryl/α,β-unsaturated/α-hetero) is 1. The van der Waals surface area contributed by atoms with Crippen LogP contribution in [-0.2, 0) is 11.0 Å². The molecule has 1 aromatic heterocycles. The molecule has 3 atom stereocenters. The number of aromatic nitrogens is 2. The zero-order valence-corrected chi connectivity index (χ0v) is 18.7. The molecule has 0 amide bonds. The predicted molar refractivity (Wildman–Crippen MR) is 118 cm³/mol. The maximum atomic E-state index is 13.5. The van der Waals surface area contributed by atoms with Crippen LogP contribution in [0.25, 0.3) is 11.0 Å². The lowest BCUT2D eigenvalue weighted by Crippen LogP contribution is -2.41. The molecule has 174 valence electrons. The smallest absolute Gasteiger partial charge is 0.369 e. The predicted octanol–water partition coefficient (Wildman–Crippen LogP) is 4.80. The zero-order valence-electron chi connectivity index (χ0n) is 18.7. The van der Waals surface area contributed by atoms with Gasteiger partial charge in [-0.05, 0) is 62.7 Å². The molecule has 8 heteroatoms. The quantitative estimate of drug-likeness (QED) is 0.658. The Morgan fingerprint density at radius 1 is 1.06 bits per heavy atom. The monoisotopic (exact) mass is 448 g/mol. The van der Waals surface area contributed by atoms with E-state index >= 15 is 0 Å². The highest BCUT2D eigenvalue weighted by atomic mass is 19.4. The molecule has 2 aliphatic heterocycles. The summed E-state index contributed by atoms with van der Waals surface area (Å²) < 4.78 is 40.4. The fourth-order valence-electron chi connectivity index (χ4n) is 5.52. The summed E-state index contributed by atoms with van der Waals surface area (Å²) in [6.45, 7) is 5.60. The van der Waals surface area contributed by atoms with Gasteiger partial charge in [-0.2, -0.15) is 13.2 Å². The molecule has 2 saturated heterocycles. The standard InChI is InChI=1S/C24H31F3N4O/c1-16-10-18(12-19(32)11-17-4-3-9-30(2)14-17)15-31(13-16)21-6-5-20(24(25,26)27)22-23(21)29-8-7-28-22/h5-8,16-18H,3-4,9-15H2,1-2H3/t16-,17?,18-/m0/s1. The van der Waals surface area contributed by atoms with E-state index in [0.717, 1.165) is 45.0 Å². The fraction of sp³-hybridized carbons (Fsp3) is 0.625. The normalized spacial score (nSPS) is 25.3. The molecule has 1 aromatic carbocycles. The first-order valence-electron chi connectivity index (χ1n) is 11.5. The molecule has 3 heterocycles. The van der Waals surface area contributed by atoms with Gasteiger partial charge in [-0.15, -0.1) is 0 Å². The van der Waals surface area contributed by atoms with Gasteiger partial charge in [-0.25, -0.2) is 0 Å². The van der Waals surface area contributed by atoms with Crippen LogP contribution in [0.2, 0.25) is 0 Å². The Morgan fingerprint density at radius 2 is 1.78 bits per heavy atom. The van der Waals surface area contributed by atoms with Gasteiger partial charge in [-0.1, -0.05) is 6.92 Å². The van der Waals surface area contributed by atoms with Gasteiger partial charge >= 0.3 is 6.18 Å². The second-order valence-corrected chi connectivity index (χ2v) is 9.71. The van der Waals surface area contributed by atoms with E-state index in [0.29, 0.717) is 42.7 Å². The van der Waals surface area contributed by atoms with Crippen LogP contribution >= 0.6 is 0 Å². The molecule has 5 nitrogen and oxygen atoms in total. The molecule has 2 aromatic rings. The van der Waals surface area contributed by atoms with Gasteiger partial charge in [0, 0.05) is 44.9 Å². The summed E-state index contributed by atoms with van der Waals surface area (Å²) in [7, 11) is 2.11. The maximum Gasteiger partial charge on any atom is 0.418 e. The number of halogens is 3. The second kappa shape index (κ2) is 9.33. The van der Waals surface area contributed by atoms with Crippen molar-refractivity contribution in [2.45, 2.75) is 45.2 Å². The van der Waals surface area contributed by atoms with Crippen LogP contribution in [0.3, 0.4) is 0 Å². The Balaban J connectivity index is 1.50. The minimum Gasteiger partial charge on any atom is -0.369 e. The first-order chi connectivity index (χ1) is 15.2. The number of hydrogen-bond acceptors (Lipinski definition) is 5. The second-order valence-electron chi connectivity index (χ2n) is 9.71. The van der Waals surface area contributed by atoms with Crippen molar-refractivity contribution in [3.63, 3.8) is 0 Å². The van der Waals surface area contributed by atoms with Crippen LogP contribution in [-0.4, -0.2) is 53.9 Å². The van der Waals surface area contributed by atoms with Crippen molar-refractivity contribution < 1.29 is 18.0 Å². The molecule has 0 bridgehead atoms. The average molecular weight is 449 g/mol. The first kappa shape index (κ1) is 23.0. The van der Waals surface area contributed by atoms with Crippen molar-refractivity contribution in [2.75, 3.05) is 38.1 Å². The summed E-state index contributed by atoms with van der Waals surface area (Å²) in [6, 6.07) is 2.61. The number of rotatable bonds is 5. The van der Waals surface area contributed by atoms with E-state index in [1.807, 2.05) is 0 Å². The summed E-state index contributed by atoms with van der Waals surface area (Å²) in [5, 5.41) is 0. The number of carbonyl (C=O) groups excluding carboxylic acids is 1. The number of anilines is 1. The highest BCUT2D eigenvalue weighted by Gasteiger charge is 2.35. The Morgan fingerprint density at radius 3 is 2.50 bits per heavy atom. The first-order valence-corrected chi connectivity index (χ1v) is 11.5. The highest BCUT2D eigenvalue weighted by molar-refractivity contribution is 5.91. The van der Waals surface area contributed by atoms with Crippen LogP contribution in [0, 0.1) is 17.8 Å². The third-order valence-corrected chi connectivity index (χ3v) is 6.75. The van der Waals surface area contributed by atoms with E-state index in [2.05, 4.69) is 33.7 Å². The summed E-state index contributed by atoms with van der Waals surface area (Å²) in [5.41, 5.74) is 0.0501. The number of fused-ring (bicyclic) bond motifs is 1. The number of nitrogens with zero attached hydrogens (tertiary/aromatic N) is 4. The number of likely N-dealkylation sites (tertiary alicyclic amines) is 1. The van der Waals surface area contributed by atoms with Crippen molar-refractivity contribution in [3.8, 4) is 0 Å². The number of benzene rings is 1. The fourth-order valence-corrected chi connectivity index (χ4v) is 5.52. The van der Waals surface area contributed by atoms with Gasteiger partial charge in [0.1, 0.15) is 16.8 Å². The molecule has 4 rings (SSSR count). The minimum absolute atomic E-state index is 0.121. The molecule has 0 spiro atoms. The van der Waals surface area contributed by atoms with Crippen LogP contribution in [0.1, 0.15) is 44.6 Å². The third-order valence-electron chi connectivity index (χ3n) is 6.75. The van der Waals surface area contributed by atoms with Gasteiger partial charge in [0.05, 0.1) is 11.3 Å². The number of hydrogen-bond donors (Lipinski definition) is 0. The van der Waals surface area contributed by atoms with Gasteiger partial charge < -0.3 is 9.80 Å². The molecule has 32 heavy (non-hydrogen) atoms. The number of carbonyl (C=O) groups is 1. The summed E-state index contributed by atoms with van der Waals surface area (Å²) >= 11 is 0. The van der Waals surface area contributed by atoms with Gasteiger partial charge in [-0.3, -0.25) is 14.8 Å². The summed E-state index contributed by atoms with van der Waals surface area (Å²) in [4.78, 5) is 25.5. The molecule has 2 fully saturated rings. The molecule has 1 unspecified atom stereocenters. The lowest BCUT2D eigenvalue weighted by atomic mass is 9.84. The topological polar surface area (TPSA) is 49.3 Å². The van der Waals surface area contributed by atoms with Crippen molar-refractivity contribution in [2.24, 2.45) is 17.8 Å². The van der Waals surface area contributed by atoms with E-state index in [1.165, 1.54) is 18.5 Å². The molecular formula is C24H31F3N4O. The molecule has 2 aliphatic rings. The van der Waals surface area contributed by atoms with E-state index in [1.54, 1.807) is 0 Å². The SMILES string of the molecule is C[C@H]1C[C@@H](CC(=O)CC2CCCN(C)C2)CN(c2ccc(C(F)(F)F)c3nccnc23)C1. The number of alkyl halides is 3. The minimum atomic E-state index is -4.48. The average Bonchev–Trinajstić information content (AvgIpc) is 2.71. The lowest BCUT2D eigenvalue weighted by molar-refractivity contribution is -0.136. The Hall–Kier alpha value is -2.22. The molecular weight excluding hydrogens is 417 g/mol. The van der Waals surface area contributed by atoms with E-state index in [9.17, 15) is 18.0 Å². The van der Waals surface area contributed by atoms with Crippen molar-refractivity contribution in [1.82, 2.24) is 14.9 Å². The Bertz CT molecular complexity index is 964. The van der Waals surface area contributed by atoms with Crippen LogP contribution in [0.15, 0.2) is 24.5 Å². The molecule has 0 radical (unpaired) electrons. The summed E-state index contributed by atoms with van der Waals surface area (Å²) in [6.07, 6.45) is 2.62. The van der Waals surface area contributed by atoms with E-state index in [-0.39, 0.29) is 17.0 Å². The van der Waals surface area contributed by atoms with Gasteiger partial charge in [0.25, 0.3) is 0 Å². The molecule has 0 aliphatic carbocycles. The third kappa shape index (κ3) is 5.22. The summed E-state index contributed by atoms with van der Waals surface area (Å²) in [5.74, 6) is 1.28. The molecule has 0 N–H and O–H groups in total. The largest absolute Gasteiger partial charge is 0.418 e. The Labute approximate surface area is 187 Å². The van der Waals surface area contributed by atoms with E-state index in [4.69, 9.17) is 0 Å². The number of piperidine rings is 2. The zero-order chi connectivity index (χ0) is 22.9. The van der Waals surface area contributed by atoms with Crippen LogP contribution < -0.4 is 4.90 Å². The highest BCUT2D eigenvalue weighted by Crippen LogP contribution is 2.38. The lowest BCUT2D eigenvalue weighted by Gasteiger charge is -2.38. The van der Waals surface area contributed by atoms with Gasteiger partial charge in [0.15, 0.2) is 0 Å². The molecule has 0 saturated carbocycles. The van der Waals surface area contributed by atoms with Crippen molar-refractivity contribution in [3.05, 3.63) is 30.1 Å². The van der Waals surface area contributed by atoms with Crippen molar-refractivity contribution in [1.29, 1.82) is 0 Å². The van der Waals surface area contributed by atoms with Crippen LogP contribution in [0.4, 0.5) is 18.9 Å². The maximum absolute atomic E-state index is 13.5. The van der Waals surface area contributed by atoms with E-state index < -0.39 is 11.7 Å². The van der Waals surface area contributed by atoms with Gasteiger partial charge in [0.2, 0.25) is 0 Å².